The van der Waals surface area contributed by atoms with E-state index >= 15 is 0 Å². The highest BCUT2D eigenvalue weighted by molar-refractivity contribution is 5.35. The normalized spacial score (nSPS) is 27.3. The van der Waals surface area contributed by atoms with Crippen molar-refractivity contribution in [3.8, 4) is 0 Å². The van der Waals surface area contributed by atoms with Gasteiger partial charge in [-0.2, -0.15) is 0 Å². The van der Waals surface area contributed by atoms with Crippen LogP contribution in [0.4, 0.5) is 13.2 Å². The average molecular weight is 325 g/mol. The lowest BCUT2D eigenvalue weighted by molar-refractivity contribution is -0.0499. The largest absolute Gasteiger partial charge is 0.378 e. The number of hydrogen-bond donors (Lipinski definition) is 0. The Bertz CT molecular complexity index is 506. The van der Waals surface area contributed by atoms with Crippen LogP contribution in [0.3, 0.4) is 0 Å². The summed E-state index contributed by atoms with van der Waals surface area (Å²) in [5.74, 6) is 0.722. The number of benzene rings is 1. The van der Waals surface area contributed by atoms with Gasteiger partial charge in [0.2, 0.25) is 0 Å². The minimum absolute atomic E-state index is 0.343. The molecule has 1 aromatic rings. The lowest BCUT2D eigenvalue weighted by Crippen LogP contribution is -2.33. The molecule has 0 bridgehead atoms. The number of alkyl halides is 1. The van der Waals surface area contributed by atoms with Crippen molar-refractivity contribution in [2.75, 3.05) is 6.61 Å². The molecule has 0 N–H and O–H groups in total. The van der Waals surface area contributed by atoms with Crippen LogP contribution in [0.15, 0.2) is 12.1 Å². The third kappa shape index (κ3) is 3.73. The van der Waals surface area contributed by atoms with E-state index in [2.05, 4.69) is 6.92 Å². The van der Waals surface area contributed by atoms with E-state index in [0.29, 0.717) is 23.5 Å². The van der Waals surface area contributed by atoms with Crippen LogP contribution in [-0.4, -0.2) is 12.7 Å². The second kappa shape index (κ2) is 7.25. The predicted molar refractivity (Wildman–Crippen MR) is 83.6 cm³/mol. The molecular formula is C19H24F3O. The summed E-state index contributed by atoms with van der Waals surface area (Å²) in [5, 5.41) is 0. The quantitative estimate of drug-likeness (QED) is 0.727. The zero-order chi connectivity index (χ0) is 16.4. The topological polar surface area (TPSA) is 9.23 Å². The monoisotopic (exact) mass is 325 g/mol. The second-order valence-electron chi connectivity index (χ2n) is 7.05. The zero-order valence-electron chi connectivity index (χ0n) is 13.6. The van der Waals surface area contributed by atoms with Gasteiger partial charge >= 0.3 is 0 Å². The molecule has 0 spiro atoms. The van der Waals surface area contributed by atoms with E-state index in [1.165, 1.54) is 18.6 Å². The lowest BCUT2D eigenvalue weighted by atomic mass is 9.75. The fourth-order valence-corrected chi connectivity index (χ4v) is 3.86. The smallest absolute Gasteiger partial charge is 0.132 e. The Morgan fingerprint density at radius 1 is 1.04 bits per heavy atom. The summed E-state index contributed by atoms with van der Waals surface area (Å²) >= 11 is 0. The molecule has 1 aliphatic heterocycles. The van der Waals surface area contributed by atoms with Crippen LogP contribution in [0.25, 0.3) is 0 Å². The maximum Gasteiger partial charge on any atom is 0.132 e. The summed E-state index contributed by atoms with van der Waals surface area (Å²) in [4.78, 5) is 0. The van der Waals surface area contributed by atoms with Gasteiger partial charge in [0.1, 0.15) is 18.3 Å². The van der Waals surface area contributed by atoms with E-state index in [4.69, 9.17) is 4.74 Å². The van der Waals surface area contributed by atoms with Gasteiger partial charge in [-0.15, -0.1) is 0 Å². The van der Waals surface area contributed by atoms with Crippen LogP contribution in [0.5, 0.6) is 0 Å². The van der Waals surface area contributed by atoms with Crippen LogP contribution in [0, 0.1) is 29.4 Å². The van der Waals surface area contributed by atoms with E-state index in [-0.39, 0.29) is 0 Å². The van der Waals surface area contributed by atoms with Gasteiger partial charge in [0, 0.05) is 12.5 Å². The van der Waals surface area contributed by atoms with E-state index in [1.807, 2.05) is 0 Å². The first-order valence-corrected chi connectivity index (χ1v) is 8.59. The van der Waals surface area contributed by atoms with Crippen molar-refractivity contribution in [1.82, 2.24) is 0 Å². The highest BCUT2D eigenvalue weighted by atomic mass is 19.1. The van der Waals surface area contributed by atoms with Gasteiger partial charge in [-0.1, -0.05) is 6.92 Å². The van der Waals surface area contributed by atoms with Crippen molar-refractivity contribution in [3.05, 3.63) is 40.8 Å². The Balaban J connectivity index is 1.61. The molecule has 1 aromatic carbocycles. The standard InChI is InChI=1S/C19H24F3O/c1-12-2-7-19(23-11-12)14-5-3-13(4-6-14)15-8-17(21)16(10-20)18(22)9-15/h8-9,12,14,19H,2-7,10-11H2,1H3. The lowest BCUT2D eigenvalue weighted by Gasteiger charge is -2.37. The van der Waals surface area contributed by atoms with Gasteiger partial charge in [0.15, 0.2) is 0 Å². The molecule has 2 fully saturated rings. The molecule has 1 saturated carbocycles. The molecule has 1 heterocycles. The molecule has 23 heavy (non-hydrogen) atoms. The third-order valence-electron chi connectivity index (χ3n) is 5.38. The van der Waals surface area contributed by atoms with Crippen molar-refractivity contribution >= 4 is 0 Å². The van der Waals surface area contributed by atoms with Crippen molar-refractivity contribution < 1.29 is 17.9 Å². The molecule has 2 aliphatic rings. The molecule has 3 rings (SSSR count). The first-order chi connectivity index (χ1) is 11.1. The van der Waals surface area contributed by atoms with E-state index in [0.717, 1.165) is 44.6 Å². The van der Waals surface area contributed by atoms with Gasteiger partial charge in [-0.25, -0.2) is 13.2 Å². The van der Waals surface area contributed by atoms with Crippen LogP contribution >= 0.6 is 0 Å². The molecule has 1 radical (unpaired) electrons. The Morgan fingerprint density at radius 3 is 2.22 bits per heavy atom. The first kappa shape index (κ1) is 16.8. The van der Waals surface area contributed by atoms with Gasteiger partial charge in [0.05, 0.1) is 11.7 Å². The Morgan fingerprint density at radius 2 is 1.70 bits per heavy atom. The van der Waals surface area contributed by atoms with Gasteiger partial charge in [0.25, 0.3) is 0 Å². The van der Waals surface area contributed by atoms with Crippen molar-refractivity contribution in [3.63, 3.8) is 0 Å². The molecule has 0 aromatic heterocycles. The fraction of sp³-hybridized carbons (Fsp3) is 0.632. The van der Waals surface area contributed by atoms with E-state index in [9.17, 15) is 13.2 Å². The molecule has 2 atom stereocenters. The highest BCUT2D eigenvalue weighted by Gasteiger charge is 2.31. The second-order valence-corrected chi connectivity index (χ2v) is 7.05. The average Bonchev–Trinajstić information content (AvgIpc) is 2.55. The molecular weight excluding hydrogens is 301 g/mol. The number of rotatable bonds is 3. The maximum absolute atomic E-state index is 13.8. The number of ether oxygens (including phenoxy) is 1. The Kier molecular flexibility index (Phi) is 5.30. The summed E-state index contributed by atoms with van der Waals surface area (Å²) in [5.41, 5.74) is 0.126. The number of hydrogen-bond acceptors (Lipinski definition) is 1. The van der Waals surface area contributed by atoms with Gasteiger partial charge in [-0.05, 0) is 68.1 Å². The number of halogens is 3. The summed E-state index contributed by atoms with van der Waals surface area (Å²) in [7, 11) is 0. The summed E-state index contributed by atoms with van der Waals surface area (Å²) in [6, 6.07) is 2.57. The van der Waals surface area contributed by atoms with Crippen LogP contribution < -0.4 is 0 Å². The predicted octanol–water partition coefficient (Wildman–Crippen LogP) is 5.36. The minimum atomic E-state index is -1.10. The van der Waals surface area contributed by atoms with Gasteiger partial charge in [-0.3, -0.25) is 0 Å². The molecule has 1 aliphatic carbocycles. The van der Waals surface area contributed by atoms with Crippen molar-refractivity contribution in [2.24, 2.45) is 11.8 Å². The summed E-state index contributed by atoms with van der Waals surface area (Å²) in [6.07, 6.45) is 6.37. The fourth-order valence-electron chi connectivity index (χ4n) is 3.86. The molecule has 2 unspecified atom stereocenters. The summed E-state index contributed by atoms with van der Waals surface area (Å²) in [6.45, 7) is 1.96. The SMILES string of the molecule is CC1CCC(C2CC[C](c3cc(F)c(CF)c(F)c3)CC2)OC1. The maximum atomic E-state index is 13.8. The molecule has 1 saturated heterocycles. The van der Waals surface area contributed by atoms with E-state index < -0.39 is 23.9 Å². The first-order valence-electron chi connectivity index (χ1n) is 8.59. The van der Waals surface area contributed by atoms with Crippen molar-refractivity contribution in [1.29, 1.82) is 0 Å². The molecule has 4 heteroatoms. The molecule has 1 nitrogen and oxygen atoms in total. The summed E-state index contributed by atoms with van der Waals surface area (Å²) < 4.78 is 46.1. The van der Waals surface area contributed by atoms with Crippen molar-refractivity contribution in [2.45, 2.75) is 58.2 Å². The van der Waals surface area contributed by atoms with Crippen LogP contribution in [0.2, 0.25) is 0 Å². The van der Waals surface area contributed by atoms with Gasteiger partial charge < -0.3 is 4.74 Å². The third-order valence-corrected chi connectivity index (χ3v) is 5.38. The Labute approximate surface area is 136 Å². The van der Waals surface area contributed by atoms with E-state index in [1.54, 1.807) is 0 Å². The van der Waals surface area contributed by atoms with Crippen LogP contribution in [0.1, 0.15) is 56.6 Å². The minimum Gasteiger partial charge on any atom is -0.378 e. The molecule has 0 amide bonds. The highest BCUT2D eigenvalue weighted by Crippen LogP contribution is 2.40. The van der Waals surface area contributed by atoms with Crippen LogP contribution in [-0.2, 0) is 11.4 Å². The Hall–Kier alpha value is -1.03. The zero-order valence-corrected chi connectivity index (χ0v) is 13.6. The molecule has 127 valence electrons.